The summed E-state index contributed by atoms with van der Waals surface area (Å²) in [5.41, 5.74) is 1.05. The molecule has 2 aromatic rings. The van der Waals surface area contributed by atoms with E-state index >= 15 is 0 Å². The smallest absolute Gasteiger partial charge is 0.270 e. The number of ether oxygens (including phenoxy) is 2. The van der Waals surface area contributed by atoms with Crippen molar-refractivity contribution >= 4 is 30.1 Å². The zero-order valence-electron chi connectivity index (χ0n) is 20.3. The van der Waals surface area contributed by atoms with Gasteiger partial charge < -0.3 is 9.47 Å². The van der Waals surface area contributed by atoms with Gasteiger partial charge in [-0.15, -0.1) is 0 Å². The molecule has 0 fully saturated rings. The molecule has 1 atom stereocenters. The van der Waals surface area contributed by atoms with Crippen LogP contribution in [-0.4, -0.2) is 48.3 Å². The topological polar surface area (TPSA) is 124 Å². The summed E-state index contributed by atoms with van der Waals surface area (Å²) in [4.78, 5) is -1.01. The van der Waals surface area contributed by atoms with Crippen LogP contribution in [0, 0.1) is 5.92 Å². The Morgan fingerprint density at radius 1 is 0.829 bits per heavy atom. The quantitative estimate of drug-likeness (QED) is 0.369. The molecule has 2 rings (SSSR count). The van der Waals surface area contributed by atoms with Crippen molar-refractivity contribution in [3.05, 3.63) is 60.2 Å². The van der Waals surface area contributed by atoms with E-state index < -0.39 is 45.6 Å². The van der Waals surface area contributed by atoms with Crippen LogP contribution >= 0.6 is 0 Å². The number of allylic oxidation sites excluding steroid dienone is 2. The molecule has 12 heteroatoms. The molecular weight excluding hydrogens is 514 g/mol. The van der Waals surface area contributed by atoms with E-state index in [-0.39, 0.29) is 15.5 Å². The third kappa shape index (κ3) is 6.63. The van der Waals surface area contributed by atoms with Crippen LogP contribution in [0.25, 0.3) is 0 Å². The van der Waals surface area contributed by atoms with Crippen molar-refractivity contribution in [2.24, 2.45) is 5.92 Å². The molecule has 0 heterocycles. The fourth-order valence-corrected chi connectivity index (χ4v) is 10.1. The van der Waals surface area contributed by atoms with E-state index in [1.54, 1.807) is 0 Å². The standard InChI is InChI=1S/C23H31NO8S3/c1-6-18(2)19(3)8-7-17-33(25,26)24(34(27,28)22-13-9-20(31-4)10-14-22)35(29,30)23-15-11-21(32-5)12-16-23/h6,9-16,19H,7-8,17H2,1-5H3/b18-6+. The van der Waals surface area contributed by atoms with Gasteiger partial charge in [-0.1, -0.05) is 18.6 Å². The Bertz CT molecular complexity index is 1270. The molecule has 0 bridgehead atoms. The first-order valence-electron chi connectivity index (χ1n) is 10.8. The average molecular weight is 546 g/mol. The van der Waals surface area contributed by atoms with E-state index in [1.807, 2.05) is 26.8 Å². The van der Waals surface area contributed by atoms with Crippen LogP contribution in [0.1, 0.15) is 33.6 Å². The highest BCUT2D eigenvalue weighted by Crippen LogP contribution is 2.30. The van der Waals surface area contributed by atoms with Crippen molar-refractivity contribution in [1.29, 1.82) is 0 Å². The van der Waals surface area contributed by atoms with Crippen molar-refractivity contribution in [2.45, 2.75) is 43.4 Å². The van der Waals surface area contributed by atoms with Crippen LogP contribution < -0.4 is 9.47 Å². The maximum atomic E-state index is 13.5. The number of benzene rings is 2. The van der Waals surface area contributed by atoms with Crippen molar-refractivity contribution in [3.8, 4) is 11.5 Å². The highest BCUT2D eigenvalue weighted by molar-refractivity contribution is 8.17. The van der Waals surface area contributed by atoms with Crippen LogP contribution in [0.15, 0.2) is 70.0 Å². The summed E-state index contributed by atoms with van der Waals surface area (Å²) >= 11 is 0. The molecule has 0 saturated carbocycles. The fraction of sp³-hybridized carbons (Fsp3) is 0.391. The predicted octanol–water partition coefficient (Wildman–Crippen LogP) is 3.80. The van der Waals surface area contributed by atoms with Gasteiger partial charge in [0, 0.05) is 3.12 Å². The summed E-state index contributed by atoms with van der Waals surface area (Å²) in [6, 6.07) is 9.60. The van der Waals surface area contributed by atoms with Crippen LogP contribution in [-0.2, 0) is 30.1 Å². The predicted molar refractivity (Wildman–Crippen MR) is 134 cm³/mol. The number of rotatable bonds is 12. The first-order chi connectivity index (χ1) is 16.3. The van der Waals surface area contributed by atoms with E-state index in [1.165, 1.54) is 38.5 Å². The summed E-state index contributed by atoms with van der Waals surface area (Å²) in [7, 11) is -12.1. The SMILES string of the molecule is C/C=C(\C)C(C)CCCS(=O)(=O)N(S(=O)(=O)c1ccc(OC)cc1)S(=O)(=O)c1ccc(OC)cc1. The third-order valence-corrected chi connectivity index (χ3v) is 13.1. The molecule has 0 N–H and O–H groups in total. The van der Waals surface area contributed by atoms with Crippen molar-refractivity contribution in [2.75, 3.05) is 20.0 Å². The van der Waals surface area contributed by atoms with E-state index in [0.717, 1.165) is 29.8 Å². The highest BCUT2D eigenvalue weighted by atomic mass is 32.3. The molecular formula is C23H31NO8S3. The molecule has 0 aliphatic carbocycles. The second kappa shape index (κ2) is 11.5. The maximum Gasteiger partial charge on any atom is 0.270 e. The largest absolute Gasteiger partial charge is 0.497 e. The lowest BCUT2D eigenvalue weighted by atomic mass is 9.98. The molecule has 0 saturated heterocycles. The van der Waals surface area contributed by atoms with Gasteiger partial charge in [0.2, 0.25) is 10.0 Å². The number of methoxy groups -OCH3 is 2. The Kier molecular flexibility index (Phi) is 9.51. The van der Waals surface area contributed by atoms with Crippen LogP contribution in [0.3, 0.4) is 0 Å². The van der Waals surface area contributed by atoms with E-state index in [9.17, 15) is 25.3 Å². The molecule has 194 valence electrons. The lowest BCUT2D eigenvalue weighted by molar-refractivity contribution is 0.414. The van der Waals surface area contributed by atoms with E-state index in [4.69, 9.17) is 9.47 Å². The first-order valence-corrected chi connectivity index (χ1v) is 15.2. The molecule has 0 amide bonds. The zero-order chi connectivity index (χ0) is 26.4. The van der Waals surface area contributed by atoms with E-state index in [2.05, 4.69) is 0 Å². The van der Waals surface area contributed by atoms with Gasteiger partial charge in [0.05, 0.1) is 29.8 Å². The summed E-state index contributed by atoms with van der Waals surface area (Å²) in [5, 5.41) is 0. The van der Waals surface area contributed by atoms with Gasteiger partial charge in [-0.3, -0.25) is 0 Å². The van der Waals surface area contributed by atoms with Crippen molar-refractivity contribution < 1.29 is 34.7 Å². The van der Waals surface area contributed by atoms with Gasteiger partial charge in [0.25, 0.3) is 20.0 Å². The normalized spacial score (nSPS) is 14.1. The summed E-state index contributed by atoms with van der Waals surface area (Å²) in [6.07, 6.45) is 2.42. The fourth-order valence-electron chi connectivity index (χ4n) is 3.25. The second-order valence-corrected chi connectivity index (χ2v) is 14.1. The molecule has 0 radical (unpaired) electrons. The lowest BCUT2D eigenvalue weighted by Gasteiger charge is -2.22. The molecule has 0 aliphatic heterocycles. The van der Waals surface area contributed by atoms with Gasteiger partial charge in [0.15, 0.2) is 0 Å². The Morgan fingerprint density at radius 2 is 1.23 bits per heavy atom. The Labute approximate surface area is 208 Å². The van der Waals surface area contributed by atoms with Gasteiger partial charge in [-0.25, -0.2) is 25.3 Å². The molecule has 2 aromatic carbocycles. The van der Waals surface area contributed by atoms with Gasteiger partial charge in [0.1, 0.15) is 11.5 Å². The zero-order valence-corrected chi connectivity index (χ0v) is 22.8. The van der Waals surface area contributed by atoms with Gasteiger partial charge in [-0.2, -0.15) is 0 Å². The Morgan fingerprint density at radius 3 is 1.57 bits per heavy atom. The maximum absolute atomic E-state index is 13.5. The minimum atomic E-state index is -5.02. The minimum Gasteiger partial charge on any atom is -0.497 e. The van der Waals surface area contributed by atoms with E-state index in [0.29, 0.717) is 17.9 Å². The lowest BCUT2D eigenvalue weighted by Crippen LogP contribution is -2.42. The van der Waals surface area contributed by atoms with Crippen LogP contribution in [0.2, 0.25) is 0 Å². The molecule has 0 spiro atoms. The summed E-state index contributed by atoms with van der Waals surface area (Å²) in [6.45, 7) is 5.70. The van der Waals surface area contributed by atoms with Gasteiger partial charge >= 0.3 is 0 Å². The molecule has 0 aliphatic rings. The average Bonchev–Trinajstić information content (AvgIpc) is 2.82. The monoisotopic (exact) mass is 545 g/mol. The minimum absolute atomic E-state index is 0.0556. The van der Waals surface area contributed by atoms with Crippen molar-refractivity contribution in [3.63, 3.8) is 0 Å². The molecule has 0 aromatic heterocycles. The Hall–Kier alpha value is -2.41. The Balaban J connectivity index is 2.58. The second-order valence-electron chi connectivity index (χ2n) is 7.89. The van der Waals surface area contributed by atoms with Gasteiger partial charge in [-0.05, 0) is 81.1 Å². The summed E-state index contributed by atoms with van der Waals surface area (Å²) in [5.74, 6) is 0.0356. The summed E-state index contributed by atoms with van der Waals surface area (Å²) < 4.78 is 90.2. The number of hydrogen-bond donors (Lipinski definition) is 0. The third-order valence-electron chi connectivity index (χ3n) is 5.61. The highest BCUT2D eigenvalue weighted by Gasteiger charge is 2.46. The van der Waals surface area contributed by atoms with Crippen LogP contribution in [0.4, 0.5) is 0 Å². The number of sulfonamides is 3. The van der Waals surface area contributed by atoms with Crippen molar-refractivity contribution in [1.82, 2.24) is 3.12 Å². The number of hydrogen-bond acceptors (Lipinski definition) is 8. The number of nitrogens with zero attached hydrogens (tertiary/aromatic N) is 1. The molecule has 1 unspecified atom stereocenters. The first kappa shape index (κ1) is 28.8. The molecule has 9 nitrogen and oxygen atoms in total. The molecule has 35 heavy (non-hydrogen) atoms. The van der Waals surface area contributed by atoms with Crippen LogP contribution in [0.5, 0.6) is 11.5 Å².